The Kier molecular flexibility index (Phi) is 2.94. The molecule has 0 spiro atoms. The fourth-order valence-electron chi connectivity index (χ4n) is 2.13. The summed E-state index contributed by atoms with van der Waals surface area (Å²) in [5, 5.41) is 0. The maximum atomic E-state index is 13.8. The smallest absolute Gasteiger partial charge is 0.235 e. The van der Waals surface area contributed by atoms with Gasteiger partial charge in [0.15, 0.2) is 0 Å². The zero-order valence-corrected chi connectivity index (χ0v) is 9.30. The van der Waals surface area contributed by atoms with Gasteiger partial charge in [-0.25, -0.2) is 13.6 Å². The first-order chi connectivity index (χ1) is 8.13. The third-order valence-corrected chi connectivity index (χ3v) is 3.16. The van der Waals surface area contributed by atoms with Crippen LogP contribution in [0.1, 0.15) is 24.8 Å². The summed E-state index contributed by atoms with van der Waals surface area (Å²) in [6.07, 6.45) is 3.11. The molecule has 0 atom stereocenters. The van der Waals surface area contributed by atoms with Crippen molar-refractivity contribution in [2.75, 3.05) is 7.11 Å². The van der Waals surface area contributed by atoms with Crippen molar-refractivity contribution in [2.45, 2.75) is 24.8 Å². The first kappa shape index (κ1) is 11.7. The summed E-state index contributed by atoms with van der Waals surface area (Å²) in [4.78, 5) is 14.0. The summed E-state index contributed by atoms with van der Waals surface area (Å²) >= 11 is 0. The van der Waals surface area contributed by atoms with Crippen LogP contribution >= 0.6 is 0 Å². The molecule has 1 aromatic carbocycles. The van der Waals surface area contributed by atoms with Crippen LogP contribution < -0.4 is 4.74 Å². The Morgan fingerprint density at radius 3 is 2.29 bits per heavy atom. The van der Waals surface area contributed by atoms with Crippen molar-refractivity contribution >= 4 is 6.08 Å². The maximum absolute atomic E-state index is 13.8. The van der Waals surface area contributed by atoms with Crippen molar-refractivity contribution in [3.05, 3.63) is 29.3 Å². The minimum absolute atomic E-state index is 0.105. The van der Waals surface area contributed by atoms with E-state index in [1.807, 2.05) is 0 Å². The molecule has 0 N–H and O–H groups in total. The molecule has 90 valence electrons. The number of isocyanates is 1. The SMILES string of the molecule is COc1cc(F)c(C2(N=C=O)CCC2)c(F)c1. The summed E-state index contributed by atoms with van der Waals surface area (Å²) < 4.78 is 32.4. The molecule has 1 aromatic rings. The number of nitrogens with zero attached hydrogens (tertiary/aromatic N) is 1. The fourth-order valence-corrected chi connectivity index (χ4v) is 2.13. The Morgan fingerprint density at radius 1 is 1.35 bits per heavy atom. The zero-order chi connectivity index (χ0) is 12.5. The number of aliphatic imine (C=N–C) groups is 1. The van der Waals surface area contributed by atoms with Gasteiger partial charge in [0.05, 0.1) is 12.7 Å². The van der Waals surface area contributed by atoms with E-state index in [9.17, 15) is 13.6 Å². The first-order valence-corrected chi connectivity index (χ1v) is 5.25. The van der Waals surface area contributed by atoms with E-state index >= 15 is 0 Å². The quantitative estimate of drug-likeness (QED) is 0.600. The second-order valence-electron chi connectivity index (χ2n) is 4.05. The molecule has 0 bridgehead atoms. The average molecular weight is 239 g/mol. The molecule has 0 amide bonds. The van der Waals surface area contributed by atoms with E-state index in [4.69, 9.17) is 4.74 Å². The monoisotopic (exact) mass is 239 g/mol. The van der Waals surface area contributed by atoms with Crippen molar-refractivity contribution in [1.82, 2.24) is 0 Å². The Bertz CT molecular complexity index is 468. The van der Waals surface area contributed by atoms with E-state index in [-0.39, 0.29) is 11.3 Å². The molecule has 1 fully saturated rings. The molecule has 0 saturated heterocycles. The van der Waals surface area contributed by atoms with Gasteiger partial charge in [0.1, 0.15) is 22.9 Å². The molecular weight excluding hydrogens is 228 g/mol. The third-order valence-electron chi connectivity index (χ3n) is 3.16. The average Bonchev–Trinajstić information content (AvgIpc) is 2.24. The summed E-state index contributed by atoms with van der Waals surface area (Å²) in [6, 6.07) is 2.19. The number of hydrogen-bond donors (Lipinski definition) is 0. The van der Waals surface area contributed by atoms with Gasteiger partial charge in [-0.2, -0.15) is 4.99 Å². The number of carbonyl (C=O) groups excluding carboxylic acids is 1. The third kappa shape index (κ3) is 1.83. The van der Waals surface area contributed by atoms with Crippen molar-refractivity contribution < 1.29 is 18.3 Å². The second kappa shape index (κ2) is 4.26. The molecule has 1 saturated carbocycles. The molecule has 3 nitrogen and oxygen atoms in total. The van der Waals surface area contributed by atoms with Gasteiger partial charge < -0.3 is 4.74 Å². The Hall–Kier alpha value is -1.74. The standard InChI is InChI=1S/C12H11F2NO2/c1-17-8-5-9(13)11(10(14)6-8)12(15-7-16)3-2-4-12/h5-6H,2-4H2,1H3. The summed E-state index contributed by atoms with van der Waals surface area (Å²) in [6.45, 7) is 0. The van der Waals surface area contributed by atoms with E-state index in [0.29, 0.717) is 12.8 Å². The highest BCUT2D eigenvalue weighted by atomic mass is 19.1. The van der Waals surface area contributed by atoms with Crippen LogP contribution in [0.5, 0.6) is 5.75 Å². The van der Waals surface area contributed by atoms with E-state index in [1.165, 1.54) is 13.2 Å². The Balaban J connectivity index is 2.55. The van der Waals surface area contributed by atoms with Gasteiger partial charge >= 0.3 is 0 Å². The summed E-state index contributed by atoms with van der Waals surface area (Å²) in [5.74, 6) is -1.37. The lowest BCUT2D eigenvalue weighted by Gasteiger charge is -2.37. The Morgan fingerprint density at radius 2 is 1.94 bits per heavy atom. The van der Waals surface area contributed by atoms with Gasteiger partial charge in [0, 0.05) is 12.1 Å². The fraction of sp³-hybridized carbons (Fsp3) is 0.417. The predicted octanol–water partition coefficient (Wildman–Crippen LogP) is 2.69. The maximum Gasteiger partial charge on any atom is 0.235 e. The van der Waals surface area contributed by atoms with Crippen LogP contribution in [0, 0.1) is 11.6 Å². The van der Waals surface area contributed by atoms with Gasteiger partial charge in [0.2, 0.25) is 6.08 Å². The highest BCUT2D eigenvalue weighted by Crippen LogP contribution is 2.47. The first-order valence-electron chi connectivity index (χ1n) is 5.25. The van der Waals surface area contributed by atoms with Crippen LogP contribution in [0.15, 0.2) is 17.1 Å². The highest BCUT2D eigenvalue weighted by Gasteiger charge is 2.43. The molecule has 5 heteroatoms. The lowest BCUT2D eigenvalue weighted by molar-refractivity contribution is 0.237. The number of methoxy groups -OCH3 is 1. The van der Waals surface area contributed by atoms with Crippen LogP contribution in [0.25, 0.3) is 0 Å². The van der Waals surface area contributed by atoms with E-state index < -0.39 is 17.2 Å². The van der Waals surface area contributed by atoms with Crippen LogP contribution in [0.3, 0.4) is 0 Å². The molecule has 17 heavy (non-hydrogen) atoms. The van der Waals surface area contributed by atoms with Crippen molar-refractivity contribution in [3.8, 4) is 5.75 Å². The number of hydrogen-bond acceptors (Lipinski definition) is 3. The van der Waals surface area contributed by atoms with Gasteiger partial charge in [-0.05, 0) is 19.3 Å². The normalized spacial score (nSPS) is 16.9. The Labute approximate surface area is 97.1 Å². The van der Waals surface area contributed by atoms with Gasteiger partial charge in [0.25, 0.3) is 0 Å². The number of ether oxygens (including phenoxy) is 1. The van der Waals surface area contributed by atoms with Crippen LogP contribution in [-0.4, -0.2) is 13.2 Å². The van der Waals surface area contributed by atoms with E-state index in [1.54, 1.807) is 0 Å². The zero-order valence-electron chi connectivity index (χ0n) is 9.30. The van der Waals surface area contributed by atoms with Crippen LogP contribution in [-0.2, 0) is 10.3 Å². The molecule has 1 aliphatic rings. The molecule has 0 heterocycles. The molecular formula is C12H11F2NO2. The van der Waals surface area contributed by atoms with Gasteiger partial charge in [-0.1, -0.05) is 0 Å². The summed E-state index contributed by atoms with van der Waals surface area (Å²) in [5.41, 5.74) is -1.23. The number of rotatable bonds is 3. The van der Waals surface area contributed by atoms with Gasteiger partial charge in [-0.15, -0.1) is 0 Å². The minimum atomic E-state index is -1.07. The van der Waals surface area contributed by atoms with Crippen molar-refractivity contribution in [1.29, 1.82) is 0 Å². The molecule has 2 rings (SSSR count). The predicted molar refractivity (Wildman–Crippen MR) is 56.6 cm³/mol. The summed E-state index contributed by atoms with van der Waals surface area (Å²) in [7, 11) is 1.33. The minimum Gasteiger partial charge on any atom is -0.497 e. The second-order valence-corrected chi connectivity index (χ2v) is 4.05. The molecule has 0 radical (unpaired) electrons. The molecule has 0 unspecified atom stereocenters. The van der Waals surface area contributed by atoms with Crippen LogP contribution in [0.4, 0.5) is 8.78 Å². The lowest BCUT2D eigenvalue weighted by Crippen LogP contribution is -2.34. The van der Waals surface area contributed by atoms with Crippen molar-refractivity contribution in [2.24, 2.45) is 4.99 Å². The largest absolute Gasteiger partial charge is 0.497 e. The lowest BCUT2D eigenvalue weighted by atomic mass is 9.72. The van der Waals surface area contributed by atoms with Gasteiger partial charge in [-0.3, -0.25) is 0 Å². The van der Waals surface area contributed by atoms with E-state index in [0.717, 1.165) is 18.6 Å². The molecule has 0 aromatic heterocycles. The number of halogens is 2. The molecule has 0 aliphatic heterocycles. The van der Waals surface area contributed by atoms with E-state index in [2.05, 4.69) is 4.99 Å². The topological polar surface area (TPSA) is 38.7 Å². The highest BCUT2D eigenvalue weighted by molar-refractivity contribution is 5.42. The van der Waals surface area contributed by atoms with Crippen LogP contribution in [0.2, 0.25) is 0 Å². The molecule has 1 aliphatic carbocycles. The van der Waals surface area contributed by atoms with Crippen molar-refractivity contribution in [3.63, 3.8) is 0 Å². The number of benzene rings is 1.